The molecule has 39 heavy (non-hydrogen) atoms. The molecule has 0 bridgehead atoms. The lowest BCUT2D eigenvalue weighted by Gasteiger charge is -2.37. The van der Waals surface area contributed by atoms with E-state index in [-0.39, 0.29) is 0 Å². The van der Waals surface area contributed by atoms with Crippen molar-refractivity contribution in [3.63, 3.8) is 0 Å². The van der Waals surface area contributed by atoms with E-state index in [0.717, 1.165) is 22.3 Å². The second-order valence-electron chi connectivity index (χ2n) is 10.2. The fourth-order valence-electron chi connectivity index (χ4n) is 5.64. The van der Waals surface area contributed by atoms with Crippen molar-refractivity contribution in [1.29, 1.82) is 0 Å². The van der Waals surface area contributed by atoms with Crippen LogP contribution in [0.2, 0.25) is 0 Å². The van der Waals surface area contributed by atoms with Crippen LogP contribution in [0.5, 0.6) is 0 Å². The van der Waals surface area contributed by atoms with Gasteiger partial charge >= 0.3 is 0 Å². The van der Waals surface area contributed by atoms with Crippen LogP contribution in [-0.4, -0.2) is 41.6 Å². The van der Waals surface area contributed by atoms with Gasteiger partial charge in [-0.25, -0.2) is 4.99 Å². The molecule has 0 amide bonds. The van der Waals surface area contributed by atoms with Crippen molar-refractivity contribution >= 4 is 6.34 Å². The van der Waals surface area contributed by atoms with Gasteiger partial charge in [-0.2, -0.15) is 0 Å². The Kier molecular flexibility index (Phi) is 6.79. The number of aryl methyl sites for hydroxylation is 1. The van der Waals surface area contributed by atoms with E-state index in [1.165, 1.54) is 11.9 Å². The molecule has 1 aliphatic carbocycles. The van der Waals surface area contributed by atoms with Crippen molar-refractivity contribution in [2.24, 2.45) is 10.7 Å². The maximum atomic E-state index is 12.0. The predicted octanol–water partition coefficient (Wildman–Crippen LogP) is 4.71. The summed E-state index contributed by atoms with van der Waals surface area (Å²) in [5, 5.41) is 12.0. The first-order chi connectivity index (χ1) is 19.1. The van der Waals surface area contributed by atoms with E-state index in [0.29, 0.717) is 6.61 Å². The number of rotatable bonds is 9. The van der Waals surface area contributed by atoms with E-state index in [9.17, 15) is 5.11 Å². The van der Waals surface area contributed by atoms with Gasteiger partial charge in [-0.15, -0.1) is 0 Å². The van der Waals surface area contributed by atoms with Crippen LogP contribution in [0.25, 0.3) is 0 Å². The summed E-state index contributed by atoms with van der Waals surface area (Å²) < 4.78 is 19.5. The zero-order chi connectivity index (χ0) is 26.9. The summed E-state index contributed by atoms with van der Waals surface area (Å²) >= 11 is 0. The fraction of sp³-hybridized carbons (Fsp3) is 0.242. The van der Waals surface area contributed by atoms with Crippen LogP contribution in [-0.2, 0) is 26.4 Å². The molecule has 1 saturated carbocycles. The van der Waals surface area contributed by atoms with Gasteiger partial charge in [0.15, 0.2) is 11.8 Å². The predicted molar refractivity (Wildman–Crippen MR) is 150 cm³/mol. The lowest BCUT2D eigenvalue weighted by atomic mass is 9.80. The molecule has 0 aromatic heterocycles. The molecule has 1 heterocycles. The fourth-order valence-corrected chi connectivity index (χ4v) is 5.64. The summed E-state index contributed by atoms with van der Waals surface area (Å²) in [4.78, 5) is 4.25. The van der Waals surface area contributed by atoms with Crippen LogP contribution < -0.4 is 5.73 Å². The van der Waals surface area contributed by atoms with Gasteiger partial charge in [-0.1, -0.05) is 121 Å². The zero-order valence-electron chi connectivity index (χ0n) is 21.8. The van der Waals surface area contributed by atoms with Crippen LogP contribution in [0.15, 0.2) is 120 Å². The summed E-state index contributed by atoms with van der Waals surface area (Å²) in [5.41, 5.74) is 8.24. The van der Waals surface area contributed by atoms with E-state index < -0.39 is 35.7 Å². The van der Waals surface area contributed by atoms with Gasteiger partial charge in [0.25, 0.3) is 0 Å². The highest BCUT2D eigenvalue weighted by Crippen LogP contribution is 2.57. The number of ether oxygens (including phenoxy) is 3. The Labute approximate surface area is 228 Å². The Morgan fingerprint density at radius 3 is 1.82 bits per heavy atom. The molecule has 1 saturated heterocycles. The summed E-state index contributed by atoms with van der Waals surface area (Å²) in [6.07, 6.45) is -1.57. The molecule has 6 heteroatoms. The highest BCUT2D eigenvalue weighted by atomic mass is 16.7. The Balaban J connectivity index is 1.38. The van der Waals surface area contributed by atoms with Gasteiger partial charge < -0.3 is 25.1 Å². The van der Waals surface area contributed by atoms with Crippen LogP contribution >= 0.6 is 0 Å². The molecule has 5 atom stereocenters. The molecule has 198 valence electrons. The molecule has 0 spiro atoms. The first-order valence-electron chi connectivity index (χ1n) is 13.2. The smallest absolute Gasteiger partial charge is 0.179 e. The maximum absolute atomic E-state index is 12.0. The summed E-state index contributed by atoms with van der Waals surface area (Å²) in [6, 6.07) is 38.3. The molecular formula is C33H32N2O4. The minimum absolute atomic E-state index is 0.299. The monoisotopic (exact) mass is 520 g/mol. The number of benzene rings is 4. The molecule has 2 fully saturated rings. The van der Waals surface area contributed by atoms with Crippen molar-refractivity contribution in [3.8, 4) is 0 Å². The van der Waals surface area contributed by atoms with Gasteiger partial charge in [0.1, 0.15) is 23.9 Å². The number of aliphatic hydroxyl groups is 1. The summed E-state index contributed by atoms with van der Waals surface area (Å²) in [5.74, 6) is 0. The maximum Gasteiger partial charge on any atom is 0.179 e. The lowest BCUT2D eigenvalue weighted by Crippen LogP contribution is -2.44. The summed E-state index contributed by atoms with van der Waals surface area (Å²) in [6.45, 7) is 2.34. The molecule has 3 N–H and O–H groups in total. The number of fused-ring (bicyclic) bond motifs is 1. The summed E-state index contributed by atoms with van der Waals surface area (Å²) in [7, 11) is 0. The van der Waals surface area contributed by atoms with E-state index >= 15 is 0 Å². The molecule has 1 unspecified atom stereocenters. The van der Waals surface area contributed by atoms with Crippen molar-refractivity contribution in [2.45, 2.75) is 49.3 Å². The highest BCUT2D eigenvalue weighted by Gasteiger charge is 2.79. The topological polar surface area (TPSA) is 86.3 Å². The van der Waals surface area contributed by atoms with Crippen LogP contribution in [0.4, 0.5) is 0 Å². The molecule has 4 aromatic carbocycles. The standard InChI is InChI=1S/C33H32N2O4/c1-23-17-19-24(20-18-23)21-37-30-31(35-22-34)38-28-29(32(28,30)36)39-33(25-11-5-2-6-12-25,26-13-7-3-8-14-26)27-15-9-4-10-16-27/h2-20,22,28-31,36H,21H2,1H3,(H2,34,35)/t28-,29?,30+,31-,32-/m1/s1. The lowest BCUT2D eigenvalue weighted by molar-refractivity contribution is -0.136. The van der Waals surface area contributed by atoms with Crippen LogP contribution in [0.3, 0.4) is 0 Å². The molecule has 4 aromatic rings. The van der Waals surface area contributed by atoms with Crippen LogP contribution in [0.1, 0.15) is 27.8 Å². The van der Waals surface area contributed by atoms with Crippen molar-refractivity contribution in [3.05, 3.63) is 143 Å². The largest absolute Gasteiger partial charge is 0.390 e. The number of nitrogens with two attached hydrogens (primary N) is 1. The molecule has 2 aliphatic rings. The van der Waals surface area contributed by atoms with Gasteiger partial charge in [-0.05, 0) is 29.2 Å². The molecule has 0 radical (unpaired) electrons. The SMILES string of the molecule is Cc1ccc(CO[C@H]2[C@H](N=CN)O[C@@H]3C(OC(c4ccccc4)(c4ccccc4)c4ccccc4)[C@]32O)cc1. The highest BCUT2D eigenvalue weighted by molar-refractivity contribution is 5.52. The molecule has 6 rings (SSSR count). The number of hydrogen-bond acceptors (Lipinski definition) is 5. The first kappa shape index (κ1) is 25.5. The van der Waals surface area contributed by atoms with Gasteiger partial charge in [0.05, 0.1) is 12.9 Å². The van der Waals surface area contributed by atoms with Crippen molar-refractivity contribution in [1.82, 2.24) is 0 Å². The second-order valence-corrected chi connectivity index (χ2v) is 10.2. The number of aliphatic imine (C=N–C) groups is 1. The zero-order valence-corrected chi connectivity index (χ0v) is 21.8. The Morgan fingerprint density at radius 1 is 0.821 bits per heavy atom. The first-order valence-corrected chi connectivity index (χ1v) is 13.2. The Morgan fingerprint density at radius 2 is 1.33 bits per heavy atom. The van der Waals surface area contributed by atoms with Crippen molar-refractivity contribution < 1.29 is 19.3 Å². The van der Waals surface area contributed by atoms with E-state index in [2.05, 4.69) is 41.4 Å². The van der Waals surface area contributed by atoms with Crippen molar-refractivity contribution in [2.75, 3.05) is 0 Å². The third-order valence-electron chi connectivity index (χ3n) is 7.71. The third kappa shape index (κ3) is 4.45. The van der Waals surface area contributed by atoms with E-state index in [1.807, 2.05) is 85.8 Å². The minimum atomic E-state index is -1.40. The Bertz CT molecular complexity index is 1320. The second kappa shape index (κ2) is 10.4. The van der Waals surface area contributed by atoms with E-state index in [4.69, 9.17) is 19.9 Å². The molecule has 6 nitrogen and oxygen atoms in total. The van der Waals surface area contributed by atoms with Gasteiger partial charge in [0, 0.05) is 0 Å². The number of nitrogens with zero attached hydrogens (tertiary/aromatic N) is 1. The average Bonchev–Trinajstić information content (AvgIpc) is 3.42. The average molecular weight is 521 g/mol. The quantitative estimate of drug-likeness (QED) is 0.190. The van der Waals surface area contributed by atoms with Gasteiger partial charge in [0.2, 0.25) is 0 Å². The van der Waals surface area contributed by atoms with Gasteiger partial charge in [-0.3, -0.25) is 0 Å². The number of hydrogen-bond donors (Lipinski definition) is 2. The third-order valence-corrected chi connectivity index (χ3v) is 7.71. The molecular weight excluding hydrogens is 488 g/mol. The normalized spacial score (nSPS) is 26.0. The van der Waals surface area contributed by atoms with E-state index in [1.54, 1.807) is 0 Å². The minimum Gasteiger partial charge on any atom is -0.390 e. The van der Waals surface area contributed by atoms with Crippen LogP contribution in [0, 0.1) is 6.92 Å². The molecule has 1 aliphatic heterocycles. The Hall–Kier alpha value is -3.81.